The fourth-order valence-corrected chi connectivity index (χ4v) is 3.34. The number of aromatic nitrogens is 1. The Kier molecular flexibility index (Phi) is 6.52. The van der Waals surface area contributed by atoms with Crippen LogP contribution in [0.4, 0.5) is 10.6 Å². The molecule has 6 heteroatoms. The summed E-state index contributed by atoms with van der Waals surface area (Å²) in [4.78, 5) is 21.1. The van der Waals surface area contributed by atoms with Gasteiger partial charge in [0.05, 0.1) is 7.11 Å². The van der Waals surface area contributed by atoms with Gasteiger partial charge in [-0.3, -0.25) is 0 Å². The van der Waals surface area contributed by atoms with Crippen LogP contribution >= 0.6 is 0 Å². The van der Waals surface area contributed by atoms with Gasteiger partial charge in [-0.15, -0.1) is 0 Å². The summed E-state index contributed by atoms with van der Waals surface area (Å²) in [7, 11) is 3.44. The van der Waals surface area contributed by atoms with Crippen LogP contribution in [0.25, 0.3) is 0 Å². The predicted molar refractivity (Wildman–Crippen MR) is 107 cm³/mol. The number of rotatable bonds is 6. The van der Waals surface area contributed by atoms with Gasteiger partial charge in [-0.2, -0.15) is 0 Å². The first-order chi connectivity index (χ1) is 13.2. The minimum atomic E-state index is -0.0979. The Labute approximate surface area is 161 Å². The highest BCUT2D eigenvalue weighted by Crippen LogP contribution is 2.21. The number of ether oxygens (including phenoxy) is 1. The molecule has 0 atom stereocenters. The maximum absolute atomic E-state index is 12.5. The lowest BCUT2D eigenvalue weighted by atomic mass is 10.1. The van der Waals surface area contributed by atoms with Crippen LogP contribution in [-0.2, 0) is 13.1 Å². The number of carbonyl (C=O) groups is 1. The molecule has 2 amide bonds. The number of anilines is 1. The minimum absolute atomic E-state index is 0.0979. The highest BCUT2D eigenvalue weighted by molar-refractivity contribution is 5.74. The molecule has 6 nitrogen and oxygen atoms in total. The van der Waals surface area contributed by atoms with E-state index < -0.39 is 0 Å². The molecule has 1 N–H and O–H groups in total. The summed E-state index contributed by atoms with van der Waals surface area (Å²) in [5, 5.41) is 3.02. The molecule has 0 radical (unpaired) electrons. The maximum Gasteiger partial charge on any atom is 0.317 e. The molecule has 1 aromatic heterocycles. The number of benzene rings is 1. The van der Waals surface area contributed by atoms with E-state index in [4.69, 9.17) is 4.74 Å². The molecule has 1 fully saturated rings. The molecule has 27 heavy (non-hydrogen) atoms. The van der Waals surface area contributed by atoms with E-state index in [2.05, 4.69) is 15.2 Å². The number of pyridine rings is 1. The average molecular weight is 368 g/mol. The van der Waals surface area contributed by atoms with Crippen molar-refractivity contribution >= 4 is 11.8 Å². The fourth-order valence-electron chi connectivity index (χ4n) is 3.34. The number of amides is 2. The standard InChI is InChI=1S/C21H28N4O2/c1-24(16-17-8-10-19(27-2)11-9-17)21(26)23-15-18-7-6-12-22-20(18)25-13-4-3-5-14-25/h6-12H,3-5,13-16H2,1-2H3,(H,23,26). The van der Waals surface area contributed by atoms with Gasteiger partial charge in [0.1, 0.15) is 11.6 Å². The molecule has 0 unspecified atom stereocenters. The Morgan fingerprint density at radius 3 is 2.63 bits per heavy atom. The summed E-state index contributed by atoms with van der Waals surface area (Å²) < 4.78 is 5.17. The lowest BCUT2D eigenvalue weighted by Crippen LogP contribution is -2.37. The summed E-state index contributed by atoms with van der Waals surface area (Å²) >= 11 is 0. The Hall–Kier alpha value is -2.76. The molecule has 2 heterocycles. The molecule has 0 aliphatic carbocycles. The van der Waals surface area contributed by atoms with Crippen molar-refractivity contribution in [1.29, 1.82) is 0 Å². The monoisotopic (exact) mass is 368 g/mol. The van der Waals surface area contributed by atoms with Crippen molar-refractivity contribution in [3.63, 3.8) is 0 Å². The van der Waals surface area contributed by atoms with Crippen LogP contribution in [0, 0.1) is 0 Å². The molecule has 1 saturated heterocycles. The van der Waals surface area contributed by atoms with Crippen LogP contribution in [0.5, 0.6) is 5.75 Å². The van der Waals surface area contributed by atoms with Crippen molar-refractivity contribution in [1.82, 2.24) is 15.2 Å². The summed E-state index contributed by atoms with van der Waals surface area (Å²) in [5.74, 6) is 1.81. The summed E-state index contributed by atoms with van der Waals surface area (Å²) in [6.45, 7) is 3.10. The van der Waals surface area contributed by atoms with E-state index in [1.54, 1.807) is 19.1 Å². The zero-order valence-corrected chi connectivity index (χ0v) is 16.1. The van der Waals surface area contributed by atoms with Gasteiger partial charge in [-0.25, -0.2) is 9.78 Å². The first-order valence-electron chi connectivity index (χ1n) is 9.48. The van der Waals surface area contributed by atoms with Crippen molar-refractivity contribution in [3.05, 3.63) is 53.7 Å². The molecular weight excluding hydrogens is 340 g/mol. The van der Waals surface area contributed by atoms with Gasteiger partial charge in [-0.1, -0.05) is 18.2 Å². The zero-order chi connectivity index (χ0) is 19.1. The van der Waals surface area contributed by atoms with E-state index in [-0.39, 0.29) is 6.03 Å². The zero-order valence-electron chi connectivity index (χ0n) is 16.1. The first kappa shape index (κ1) is 19.0. The van der Waals surface area contributed by atoms with Crippen molar-refractivity contribution in [3.8, 4) is 5.75 Å². The molecule has 2 aromatic rings. The molecule has 1 aliphatic heterocycles. The summed E-state index contributed by atoms with van der Waals surface area (Å²) in [6, 6.07) is 11.6. The average Bonchev–Trinajstić information content (AvgIpc) is 2.73. The third-order valence-corrected chi connectivity index (χ3v) is 4.88. The number of piperidine rings is 1. The van der Waals surface area contributed by atoms with Gasteiger partial charge >= 0.3 is 6.03 Å². The highest BCUT2D eigenvalue weighted by atomic mass is 16.5. The van der Waals surface area contributed by atoms with E-state index in [0.717, 1.165) is 35.8 Å². The van der Waals surface area contributed by atoms with E-state index in [1.165, 1.54) is 19.3 Å². The summed E-state index contributed by atoms with van der Waals surface area (Å²) in [6.07, 6.45) is 5.51. The molecule has 1 aliphatic rings. The van der Waals surface area contributed by atoms with Crippen molar-refractivity contribution in [2.45, 2.75) is 32.4 Å². The molecular formula is C21H28N4O2. The SMILES string of the molecule is COc1ccc(CN(C)C(=O)NCc2cccnc2N2CCCCC2)cc1. The third kappa shape index (κ3) is 5.12. The van der Waals surface area contributed by atoms with E-state index >= 15 is 0 Å². The van der Waals surface area contributed by atoms with Gasteiger partial charge in [0.25, 0.3) is 0 Å². The molecule has 144 valence electrons. The van der Waals surface area contributed by atoms with Crippen LogP contribution in [0.2, 0.25) is 0 Å². The minimum Gasteiger partial charge on any atom is -0.497 e. The largest absolute Gasteiger partial charge is 0.497 e. The van der Waals surface area contributed by atoms with Crippen molar-refractivity contribution < 1.29 is 9.53 Å². The number of urea groups is 1. The van der Waals surface area contributed by atoms with Gasteiger partial charge in [0, 0.05) is 45.0 Å². The fraction of sp³-hybridized carbons (Fsp3) is 0.429. The van der Waals surface area contributed by atoms with Gasteiger partial charge < -0.3 is 19.9 Å². The second-order valence-corrected chi connectivity index (χ2v) is 6.90. The normalized spacial score (nSPS) is 13.9. The number of hydrogen-bond donors (Lipinski definition) is 1. The Morgan fingerprint density at radius 2 is 1.93 bits per heavy atom. The second-order valence-electron chi connectivity index (χ2n) is 6.90. The van der Waals surface area contributed by atoms with Crippen molar-refractivity contribution in [2.24, 2.45) is 0 Å². The number of hydrogen-bond acceptors (Lipinski definition) is 4. The van der Waals surface area contributed by atoms with Crippen LogP contribution < -0.4 is 15.0 Å². The second kappa shape index (κ2) is 9.26. The molecule has 0 saturated carbocycles. The van der Waals surface area contributed by atoms with E-state index in [1.807, 2.05) is 42.6 Å². The van der Waals surface area contributed by atoms with Crippen LogP contribution in [0.1, 0.15) is 30.4 Å². The quantitative estimate of drug-likeness (QED) is 0.849. The predicted octanol–water partition coefficient (Wildman–Crippen LogP) is 3.42. The Balaban J connectivity index is 1.56. The van der Waals surface area contributed by atoms with E-state index in [0.29, 0.717) is 13.1 Å². The topological polar surface area (TPSA) is 57.7 Å². The molecule has 0 bridgehead atoms. The smallest absolute Gasteiger partial charge is 0.317 e. The van der Waals surface area contributed by atoms with Gasteiger partial charge in [0.15, 0.2) is 0 Å². The van der Waals surface area contributed by atoms with Crippen LogP contribution in [0.3, 0.4) is 0 Å². The lowest BCUT2D eigenvalue weighted by Gasteiger charge is -2.29. The number of nitrogens with zero attached hydrogens (tertiary/aromatic N) is 3. The lowest BCUT2D eigenvalue weighted by molar-refractivity contribution is 0.206. The van der Waals surface area contributed by atoms with Gasteiger partial charge in [-0.05, 0) is 43.0 Å². The maximum atomic E-state index is 12.5. The number of carbonyl (C=O) groups excluding carboxylic acids is 1. The molecule has 0 spiro atoms. The molecule has 3 rings (SSSR count). The van der Waals surface area contributed by atoms with Crippen LogP contribution in [0.15, 0.2) is 42.6 Å². The summed E-state index contributed by atoms with van der Waals surface area (Å²) in [5.41, 5.74) is 2.12. The highest BCUT2D eigenvalue weighted by Gasteiger charge is 2.16. The number of nitrogens with one attached hydrogen (secondary N) is 1. The third-order valence-electron chi connectivity index (χ3n) is 4.88. The van der Waals surface area contributed by atoms with Crippen LogP contribution in [-0.4, -0.2) is 43.2 Å². The van der Waals surface area contributed by atoms with Gasteiger partial charge in [0.2, 0.25) is 0 Å². The Bertz CT molecular complexity index is 742. The molecule has 1 aromatic carbocycles. The first-order valence-corrected chi connectivity index (χ1v) is 9.48. The number of methoxy groups -OCH3 is 1. The Morgan fingerprint density at radius 1 is 1.19 bits per heavy atom. The van der Waals surface area contributed by atoms with Crippen molar-refractivity contribution in [2.75, 3.05) is 32.1 Å². The van der Waals surface area contributed by atoms with E-state index in [9.17, 15) is 4.79 Å².